The molecule has 0 radical (unpaired) electrons. The van der Waals surface area contributed by atoms with Gasteiger partial charge in [-0.1, -0.05) is 32.0 Å². The van der Waals surface area contributed by atoms with Crippen LogP contribution in [0, 0.1) is 4.51 Å². The monoisotopic (exact) mass is 240 g/mol. The van der Waals surface area contributed by atoms with Gasteiger partial charge in [-0.05, 0) is 13.3 Å². The van der Waals surface area contributed by atoms with Crippen LogP contribution in [0.4, 0.5) is 11.4 Å². The summed E-state index contributed by atoms with van der Waals surface area (Å²) in [6.07, 6.45) is 3.57. The zero-order valence-electron chi connectivity index (χ0n) is 10.3. The lowest BCUT2D eigenvalue weighted by Crippen LogP contribution is -2.29. The Hall–Kier alpha value is -0.900. The van der Waals surface area contributed by atoms with Gasteiger partial charge in [0.2, 0.25) is 5.43 Å². The van der Waals surface area contributed by atoms with Gasteiger partial charge in [0, 0.05) is 20.1 Å². The predicted octanol–water partition coefficient (Wildman–Crippen LogP) is 2.71. The summed E-state index contributed by atoms with van der Waals surface area (Å²) in [5, 5.41) is 3.08. The highest BCUT2D eigenvalue weighted by molar-refractivity contribution is 7.71. The maximum atomic E-state index is 11.5. The quantitative estimate of drug-likeness (QED) is 0.587. The first-order valence-corrected chi connectivity index (χ1v) is 6.32. The molecule has 0 aliphatic rings. The SMILES string of the molecule is CCCCCN(C)c1c(NCC)c(=O)c1=S. The van der Waals surface area contributed by atoms with E-state index in [9.17, 15) is 4.79 Å². The summed E-state index contributed by atoms with van der Waals surface area (Å²) in [4.78, 5) is 13.6. The molecule has 0 saturated carbocycles. The summed E-state index contributed by atoms with van der Waals surface area (Å²) in [6, 6.07) is 0. The van der Waals surface area contributed by atoms with E-state index in [1.165, 1.54) is 12.8 Å². The third kappa shape index (κ3) is 2.61. The Balaban J connectivity index is 2.68. The molecule has 0 aromatic heterocycles. The lowest BCUT2D eigenvalue weighted by Gasteiger charge is -2.24. The van der Waals surface area contributed by atoms with Crippen molar-refractivity contribution in [3.8, 4) is 0 Å². The first-order chi connectivity index (χ1) is 7.63. The molecule has 1 N–H and O–H groups in total. The normalized spacial score (nSPS) is 10.7. The fraction of sp³-hybridized carbons (Fsp3) is 0.667. The number of nitrogens with one attached hydrogen (secondary N) is 1. The molecular weight excluding hydrogens is 220 g/mol. The van der Waals surface area contributed by atoms with Crippen molar-refractivity contribution in [1.82, 2.24) is 0 Å². The van der Waals surface area contributed by atoms with Crippen LogP contribution in [0.2, 0.25) is 0 Å². The zero-order chi connectivity index (χ0) is 12.1. The van der Waals surface area contributed by atoms with Gasteiger partial charge in [0.25, 0.3) is 0 Å². The van der Waals surface area contributed by atoms with Gasteiger partial charge in [-0.25, -0.2) is 0 Å². The van der Waals surface area contributed by atoms with E-state index in [1.54, 1.807) is 0 Å². The van der Waals surface area contributed by atoms with Gasteiger partial charge in [0.05, 0.1) is 5.69 Å². The molecule has 16 heavy (non-hydrogen) atoms. The minimum absolute atomic E-state index is 0.00538. The molecule has 90 valence electrons. The summed E-state index contributed by atoms with van der Waals surface area (Å²) in [5.41, 5.74) is 1.62. The molecule has 0 amide bonds. The molecular formula is C12H20N2OS. The number of anilines is 2. The second kappa shape index (κ2) is 5.99. The largest absolute Gasteiger partial charge is 0.380 e. The molecule has 0 aliphatic carbocycles. The van der Waals surface area contributed by atoms with Gasteiger partial charge in [0.1, 0.15) is 10.2 Å². The van der Waals surface area contributed by atoms with Gasteiger partial charge < -0.3 is 10.2 Å². The number of unbranched alkanes of at least 4 members (excludes halogenated alkanes) is 2. The van der Waals surface area contributed by atoms with E-state index in [1.807, 2.05) is 14.0 Å². The lowest BCUT2D eigenvalue weighted by atomic mass is 10.1. The summed E-state index contributed by atoms with van der Waals surface area (Å²) >= 11 is 5.08. The zero-order valence-corrected chi connectivity index (χ0v) is 11.1. The molecule has 4 heteroatoms. The maximum Gasteiger partial charge on any atom is 0.223 e. The van der Waals surface area contributed by atoms with Crippen molar-refractivity contribution in [3.63, 3.8) is 0 Å². The van der Waals surface area contributed by atoms with Gasteiger partial charge in [-0.15, -0.1) is 0 Å². The summed E-state index contributed by atoms with van der Waals surface area (Å²) < 4.78 is 0.481. The van der Waals surface area contributed by atoms with E-state index >= 15 is 0 Å². The predicted molar refractivity (Wildman–Crippen MR) is 72.9 cm³/mol. The molecule has 0 aliphatic heterocycles. The van der Waals surface area contributed by atoms with Crippen LogP contribution in [0.5, 0.6) is 0 Å². The van der Waals surface area contributed by atoms with Crippen LogP contribution in [0.25, 0.3) is 0 Å². The van der Waals surface area contributed by atoms with Crippen LogP contribution in [0.3, 0.4) is 0 Å². The highest BCUT2D eigenvalue weighted by atomic mass is 32.1. The van der Waals surface area contributed by atoms with E-state index in [0.717, 1.165) is 25.2 Å². The molecule has 0 heterocycles. The molecule has 1 aromatic rings. The topological polar surface area (TPSA) is 32.3 Å². The van der Waals surface area contributed by atoms with Crippen LogP contribution in [-0.4, -0.2) is 20.1 Å². The van der Waals surface area contributed by atoms with E-state index in [0.29, 0.717) is 10.2 Å². The lowest BCUT2D eigenvalue weighted by molar-refractivity contribution is 0.704. The van der Waals surface area contributed by atoms with Gasteiger partial charge in [-0.3, -0.25) is 4.79 Å². The Morgan fingerprint density at radius 3 is 2.56 bits per heavy atom. The van der Waals surface area contributed by atoms with E-state index in [4.69, 9.17) is 12.2 Å². The van der Waals surface area contributed by atoms with Crippen LogP contribution in [-0.2, 0) is 0 Å². The van der Waals surface area contributed by atoms with Crippen molar-refractivity contribution in [2.45, 2.75) is 33.1 Å². The minimum atomic E-state index is -0.00538. The Morgan fingerprint density at radius 1 is 1.31 bits per heavy atom. The Labute approximate surface area is 102 Å². The Bertz CT molecular complexity index is 407. The first kappa shape index (κ1) is 13.2. The minimum Gasteiger partial charge on any atom is -0.380 e. The molecule has 0 unspecified atom stereocenters. The summed E-state index contributed by atoms with van der Waals surface area (Å²) in [7, 11) is 2.00. The molecule has 0 bridgehead atoms. The molecule has 1 rings (SSSR count). The smallest absolute Gasteiger partial charge is 0.223 e. The van der Waals surface area contributed by atoms with Crippen molar-refractivity contribution >= 4 is 23.6 Å². The second-order valence-electron chi connectivity index (χ2n) is 4.04. The Kier molecular flexibility index (Phi) is 4.93. The van der Waals surface area contributed by atoms with E-state index in [-0.39, 0.29) is 5.43 Å². The van der Waals surface area contributed by atoms with Crippen LogP contribution in [0.1, 0.15) is 33.1 Å². The number of hydrogen-bond acceptors (Lipinski definition) is 4. The average Bonchev–Trinajstić information content (AvgIpc) is 2.28. The van der Waals surface area contributed by atoms with Crippen LogP contribution < -0.4 is 15.6 Å². The van der Waals surface area contributed by atoms with Gasteiger partial charge in [0.15, 0.2) is 0 Å². The first-order valence-electron chi connectivity index (χ1n) is 5.91. The molecule has 0 atom stereocenters. The van der Waals surface area contributed by atoms with Crippen LogP contribution in [0.15, 0.2) is 4.79 Å². The van der Waals surface area contributed by atoms with Crippen molar-refractivity contribution in [2.24, 2.45) is 0 Å². The molecule has 3 nitrogen and oxygen atoms in total. The number of rotatable bonds is 7. The van der Waals surface area contributed by atoms with Crippen molar-refractivity contribution < 1.29 is 0 Å². The van der Waals surface area contributed by atoms with Crippen molar-refractivity contribution in [1.29, 1.82) is 0 Å². The fourth-order valence-corrected chi connectivity index (χ4v) is 2.16. The third-order valence-electron chi connectivity index (χ3n) is 2.72. The van der Waals surface area contributed by atoms with E-state index in [2.05, 4.69) is 17.1 Å². The van der Waals surface area contributed by atoms with Gasteiger partial charge in [-0.2, -0.15) is 0 Å². The summed E-state index contributed by atoms with van der Waals surface area (Å²) in [6.45, 7) is 5.89. The second-order valence-corrected chi connectivity index (χ2v) is 4.45. The number of hydrogen-bond donors (Lipinski definition) is 1. The van der Waals surface area contributed by atoms with Crippen molar-refractivity contribution in [3.05, 3.63) is 14.7 Å². The average molecular weight is 240 g/mol. The highest BCUT2D eigenvalue weighted by Gasteiger charge is 2.19. The maximum absolute atomic E-state index is 11.5. The highest BCUT2D eigenvalue weighted by Crippen LogP contribution is 2.26. The molecule has 0 fully saturated rings. The van der Waals surface area contributed by atoms with E-state index < -0.39 is 0 Å². The molecule has 0 saturated heterocycles. The molecule has 1 aromatic carbocycles. The molecule has 0 spiro atoms. The number of nitrogens with zero attached hydrogens (tertiary/aromatic N) is 1. The summed E-state index contributed by atoms with van der Waals surface area (Å²) in [5.74, 6) is 0. The van der Waals surface area contributed by atoms with Crippen LogP contribution >= 0.6 is 12.2 Å². The third-order valence-corrected chi connectivity index (χ3v) is 3.10. The Morgan fingerprint density at radius 2 is 2.00 bits per heavy atom. The fourth-order valence-electron chi connectivity index (χ4n) is 1.80. The standard InChI is InChI=1S/C12H20N2OS/c1-4-6-7-8-14(3)10-9(13-5-2)11(15)12(10)16/h13H,4-8H2,1-3H3. The van der Waals surface area contributed by atoms with Crippen molar-refractivity contribution in [2.75, 3.05) is 30.4 Å². The van der Waals surface area contributed by atoms with Gasteiger partial charge >= 0.3 is 0 Å².